The van der Waals surface area contributed by atoms with Crippen molar-refractivity contribution in [3.05, 3.63) is 29.3 Å². The van der Waals surface area contributed by atoms with E-state index in [1.165, 1.54) is 42.6 Å². The first-order valence-electron chi connectivity index (χ1n) is 6.18. The molecule has 1 saturated heterocycles. The molecule has 0 bridgehead atoms. The summed E-state index contributed by atoms with van der Waals surface area (Å²) in [6, 6.07) is 7.59. The second kappa shape index (κ2) is 5.22. The molecule has 1 unspecified atom stereocenters. The van der Waals surface area contributed by atoms with E-state index in [0.29, 0.717) is 0 Å². The molecule has 1 aromatic carbocycles. The third-order valence-electron chi connectivity index (χ3n) is 3.57. The van der Waals surface area contributed by atoms with E-state index in [0.717, 1.165) is 11.4 Å². The minimum absolute atomic E-state index is 0.758. The molecule has 1 atom stereocenters. The Bertz CT molecular complexity index is 362. The number of aryl methyl sites for hydroxylation is 1. The van der Waals surface area contributed by atoms with Crippen LogP contribution in [0.15, 0.2) is 18.2 Å². The summed E-state index contributed by atoms with van der Waals surface area (Å²) in [6.45, 7) is 5.75. The Kier molecular flexibility index (Phi) is 3.91. The summed E-state index contributed by atoms with van der Waals surface area (Å²) in [5, 5.41) is 0.950. The SMILES string of the molecule is CCC1CCCN1c1ccc(CBr)cc1C. The molecule has 0 radical (unpaired) electrons. The maximum Gasteiger partial charge on any atom is 0.0398 e. The molecule has 1 aliphatic rings. The number of hydrogen-bond donors (Lipinski definition) is 0. The first-order valence-corrected chi connectivity index (χ1v) is 7.30. The second-order valence-electron chi connectivity index (χ2n) is 4.65. The molecule has 2 heteroatoms. The summed E-state index contributed by atoms with van der Waals surface area (Å²) >= 11 is 3.51. The zero-order valence-corrected chi connectivity index (χ0v) is 11.8. The van der Waals surface area contributed by atoms with Crippen LogP contribution in [0.2, 0.25) is 0 Å². The van der Waals surface area contributed by atoms with E-state index in [-0.39, 0.29) is 0 Å². The van der Waals surface area contributed by atoms with Gasteiger partial charge in [-0.25, -0.2) is 0 Å². The highest BCUT2D eigenvalue weighted by molar-refractivity contribution is 9.08. The molecule has 0 amide bonds. The van der Waals surface area contributed by atoms with Crippen LogP contribution >= 0.6 is 15.9 Å². The zero-order valence-electron chi connectivity index (χ0n) is 10.2. The van der Waals surface area contributed by atoms with Crippen molar-refractivity contribution in [2.24, 2.45) is 0 Å². The van der Waals surface area contributed by atoms with Crippen molar-refractivity contribution in [1.29, 1.82) is 0 Å². The smallest absolute Gasteiger partial charge is 0.0398 e. The van der Waals surface area contributed by atoms with Gasteiger partial charge in [-0.15, -0.1) is 0 Å². The number of hydrogen-bond acceptors (Lipinski definition) is 1. The molecular formula is C14H20BrN. The van der Waals surface area contributed by atoms with Crippen LogP contribution in [0.3, 0.4) is 0 Å². The topological polar surface area (TPSA) is 3.24 Å². The van der Waals surface area contributed by atoms with Crippen molar-refractivity contribution >= 4 is 21.6 Å². The Balaban J connectivity index is 2.26. The van der Waals surface area contributed by atoms with E-state index >= 15 is 0 Å². The fourth-order valence-electron chi connectivity index (χ4n) is 2.70. The fraction of sp³-hybridized carbons (Fsp3) is 0.571. The van der Waals surface area contributed by atoms with Crippen LogP contribution in [-0.4, -0.2) is 12.6 Å². The molecule has 0 aromatic heterocycles. The van der Waals surface area contributed by atoms with Gasteiger partial charge >= 0.3 is 0 Å². The first-order chi connectivity index (χ1) is 7.76. The molecule has 0 spiro atoms. The van der Waals surface area contributed by atoms with E-state index in [4.69, 9.17) is 0 Å². The minimum Gasteiger partial charge on any atom is -0.368 e. The zero-order chi connectivity index (χ0) is 11.5. The first kappa shape index (κ1) is 12.0. The van der Waals surface area contributed by atoms with Crippen LogP contribution in [-0.2, 0) is 5.33 Å². The second-order valence-corrected chi connectivity index (χ2v) is 5.21. The maximum atomic E-state index is 3.51. The van der Waals surface area contributed by atoms with E-state index in [1.54, 1.807) is 0 Å². The lowest BCUT2D eigenvalue weighted by Crippen LogP contribution is -2.29. The summed E-state index contributed by atoms with van der Waals surface area (Å²) in [5.74, 6) is 0. The molecule has 0 aliphatic carbocycles. The predicted molar refractivity (Wildman–Crippen MR) is 74.5 cm³/mol. The van der Waals surface area contributed by atoms with Gasteiger partial charge < -0.3 is 4.90 Å². The van der Waals surface area contributed by atoms with Gasteiger partial charge in [-0.05, 0) is 43.4 Å². The number of halogens is 1. The van der Waals surface area contributed by atoms with E-state index in [9.17, 15) is 0 Å². The quantitative estimate of drug-likeness (QED) is 0.748. The number of nitrogens with zero attached hydrogens (tertiary/aromatic N) is 1. The summed E-state index contributed by atoms with van der Waals surface area (Å²) in [5.41, 5.74) is 4.22. The number of alkyl halides is 1. The lowest BCUT2D eigenvalue weighted by molar-refractivity contribution is 0.644. The summed E-state index contributed by atoms with van der Waals surface area (Å²) in [6.07, 6.45) is 3.97. The molecule has 1 nitrogen and oxygen atoms in total. The van der Waals surface area contributed by atoms with Gasteiger partial charge in [0, 0.05) is 23.6 Å². The van der Waals surface area contributed by atoms with Crippen LogP contribution in [0.25, 0.3) is 0 Å². The molecule has 0 N–H and O–H groups in total. The van der Waals surface area contributed by atoms with Crippen molar-refractivity contribution in [3.8, 4) is 0 Å². The summed E-state index contributed by atoms with van der Waals surface area (Å²) in [7, 11) is 0. The van der Waals surface area contributed by atoms with Crippen molar-refractivity contribution in [1.82, 2.24) is 0 Å². The molecule has 88 valence electrons. The highest BCUT2D eigenvalue weighted by Gasteiger charge is 2.23. The molecule has 1 aromatic rings. The third-order valence-corrected chi connectivity index (χ3v) is 4.22. The van der Waals surface area contributed by atoms with Crippen molar-refractivity contribution in [2.75, 3.05) is 11.4 Å². The van der Waals surface area contributed by atoms with Crippen LogP contribution < -0.4 is 4.90 Å². The number of benzene rings is 1. The average molecular weight is 282 g/mol. The monoisotopic (exact) mass is 281 g/mol. The maximum absolute atomic E-state index is 3.51. The lowest BCUT2D eigenvalue weighted by atomic mass is 10.1. The van der Waals surface area contributed by atoms with E-state index < -0.39 is 0 Å². The standard InChI is InChI=1S/C14H20BrN/c1-3-13-5-4-8-16(13)14-7-6-12(10-15)9-11(14)2/h6-7,9,13H,3-5,8,10H2,1-2H3. The fourth-order valence-corrected chi connectivity index (χ4v) is 3.05. The molecule has 0 saturated carbocycles. The van der Waals surface area contributed by atoms with E-state index in [2.05, 4.69) is 52.9 Å². The Morgan fingerprint density at radius 3 is 2.88 bits per heavy atom. The van der Waals surface area contributed by atoms with Crippen molar-refractivity contribution in [2.45, 2.75) is 44.5 Å². The molecule has 1 aliphatic heterocycles. The number of rotatable bonds is 3. The summed E-state index contributed by atoms with van der Waals surface area (Å²) < 4.78 is 0. The van der Waals surface area contributed by atoms with Crippen molar-refractivity contribution in [3.63, 3.8) is 0 Å². The predicted octanol–water partition coefficient (Wildman–Crippen LogP) is 4.27. The van der Waals surface area contributed by atoms with Crippen molar-refractivity contribution < 1.29 is 0 Å². The van der Waals surface area contributed by atoms with Gasteiger partial charge in [0.05, 0.1) is 0 Å². The molecular weight excluding hydrogens is 262 g/mol. The van der Waals surface area contributed by atoms with Crippen LogP contribution in [0.1, 0.15) is 37.3 Å². The molecule has 2 rings (SSSR count). The van der Waals surface area contributed by atoms with Gasteiger partial charge in [-0.1, -0.05) is 35.0 Å². The Morgan fingerprint density at radius 2 is 2.25 bits per heavy atom. The largest absolute Gasteiger partial charge is 0.368 e. The van der Waals surface area contributed by atoms with Gasteiger partial charge in [0.2, 0.25) is 0 Å². The van der Waals surface area contributed by atoms with Gasteiger partial charge in [-0.3, -0.25) is 0 Å². The molecule has 1 fully saturated rings. The highest BCUT2D eigenvalue weighted by atomic mass is 79.9. The van der Waals surface area contributed by atoms with Gasteiger partial charge in [-0.2, -0.15) is 0 Å². The van der Waals surface area contributed by atoms with Gasteiger partial charge in [0.15, 0.2) is 0 Å². The minimum atomic E-state index is 0.758. The number of anilines is 1. The van der Waals surface area contributed by atoms with Crippen LogP contribution in [0.5, 0.6) is 0 Å². The highest BCUT2D eigenvalue weighted by Crippen LogP contribution is 2.30. The Morgan fingerprint density at radius 1 is 1.44 bits per heavy atom. The van der Waals surface area contributed by atoms with E-state index in [1.807, 2.05) is 0 Å². The Labute approximate surface area is 107 Å². The van der Waals surface area contributed by atoms with Crippen LogP contribution in [0.4, 0.5) is 5.69 Å². The van der Waals surface area contributed by atoms with Gasteiger partial charge in [0.1, 0.15) is 0 Å². The Hall–Kier alpha value is -0.500. The summed E-state index contributed by atoms with van der Waals surface area (Å²) in [4.78, 5) is 2.59. The molecule has 1 heterocycles. The normalized spacial score (nSPS) is 20.4. The van der Waals surface area contributed by atoms with Crippen LogP contribution in [0, 0.1) is 6.92 Å². The lowest BCUT2D eigenvalue weighted by Gasteiger charge is -2.27. The molecule has 16 heavy (non-hydrogen) atoms. The average Bonchev–Trinajstić information content (AvgIpc) is 2.76. The van der Waals surface area contributed by atoms with Gasteiger partial charge in [0.25, 0.3) is 0 Å². The third kappa shape index (κ3) is 2.27.